The van der Waals surface area contributed by atoms with Gasteiger partial charge in [0, 0.05) is 11.5 Å². The molecule has 0 aromatic carbocycles. The fourth-order valence-corrected chi connectivity index (χ4v) is 3.14. The highest BCUT2D eigenvalue weighted by Crippen LogP contribution is 2.38. The van der Waals surface area contributed by atoms with Crippen molar-refractivity contribution < 1.29 is 0 Å². The van der Waals surface area contributed by atoms with Crippen molar-refractivity contribution in [1.82, 2.24) is 5.32 Å². The molecule has 3 heteroatoms. The Kier molecular flexibility index (Phi) is 3.80. The van der Waals surface area contributed by atoms with Crippen LogP contribution < -0.4 is 5.32 Å². The van der Waals surface area contributed by atoms with E-state index in [9.17, 15) is 0 Å². The molecule has 0 aromatic rings. The molecule has 3 atom stereocenters. The van der Waals surface area contributed by atoms with Crippen LogP contribution in [0.5, 0.6) is 0 Å². The van der Waals surface area contributed by atoms with Crippen LogP contribution in [0.2, 0.25) is 5.31 Å². The van der Waals surface area contributed by atoms with E-state index in [4.69, 9.17) is 4.99 Å². The third-order valence-electron chi connectivity index (χ3n) is 4.53. The molecule has 1 aliphatic heterocycles. The van der Waals surface area contributed by atoms with E-state index in [0.717, 1.165) is 0 Å². The first kappa shape index (κ1) is 14.0. The number of amidine groups is 1. The Morgan fingerprint density at radius 2 is 1.94 bits per heavy atom. The van der Waals surface area contributed by atoms with Crippen molar-refractivity contribution >= 4 is 13.7 Å². The lowest BCUT2D eigenvalue weighted by Crippen LogP contribution is -2.39. The number of nitrogens with zero attached hydrogens (tertiary/aromatic N) is 1. The molecule has 3 unspecified atom stereocenters. The van der Waals surface area contributed by atoms with Gasteiger partial charge in [-0.3, -0.25) is 4.99 Å². The predicted molar refractivity (Wildman–Crippen MR) is 82.2 cm³/mol. The highest BCUT2D eigenvalue weighted by atomic mass is 15.1. The molecular weight excluding hydrogens is 219 g/mol. The van der Waals surface area contributed by atoms with Gasteiger partial charge in [-0.1, -0.05) is 58.7 Å². The molecule has 1 saturated carbocycles. The minimum absolute atomic E-state index is 0.173. The summed E-state index contributed by atoms with van der Waals surface area (Å²) in [6.45, 7) is 9.19. The first-order valence-corrected chi connectivity index (χ1v) is 7.63. The Morgan fingerprint density at radius 1 is 1.22 bits per heavy atom. The van der Waals surface area contributed by atoms with Gasteiger partial charge in [0.05, 0.1) is 6.04 Å². The van der Waals surface area contributed by atoms with E-state index < -0.39 is 0 Å². The van der Waals surface area contributed by atoms with Crippen LogP contribution in [0.25, 0.3) is 0 Å². The van der Waals surface area contributed by atoms with Crippen LogP contribution in [-0.4, -0.2) is 25.8 Å². The van der Waals surface area contributed by atoms with Crippen molar-refractivity contribution in [2.45, 2.75) is 83.6 Å². The van der Waals surface area contributed by atoms with Crippen molar-refractivity contribution in [1.29, 1.82) is 0 Å². The quantitative estimate of drug-likeness (QED) is 0.655. The van der Waals surface area contributed by atoms with Crippen LogP contribution in [0, 0.1) is 5.41 Å². The van der Waals surface area contributed by atoms with Crippen LogP contribution in [0.15, 0.2) is 4.99 Å². The minimum atomic E-state index is 0.173. The average molecular weight is 248 g/mol. The molecule has 1 fully saturated rings. The fraction of sp³-hybridized carbons (Fsp3) is 0.933. The lowest BCUT2D eigenvalue weighted by Gasteiger charge is -2.24. The van der Waals surface area contributed by atoms with Gasteiger partial charge in [0.2, 0.25) is 0 Å². The predicted octanol–water partition coefficient (Wildman–Crippen LogP) is 2.94. The Bertz CT molecular complexity index is 328. The fourth-order valence-electron chi connectivity index (χ4n) is 3.14. The monoisotopic (exact) mass is 248 g/mol. The first-order valence-electron chi connectivity index (χ1n) is 7.63. The van der Waals surface area contributed by atoms with Gasteiger partial charge in [-0.25, -0.2) is 0 Å². The van der Waals surface area contributed by atoms with Crippen molar-refractivity contribution in [3.63, 3.8) is 0 Å². The van der Waals surface area contributed by atoms with Crippen LogP contribution in [0.1, 0.15) is 66.2 Å². The maximum absolute atomic E-state index is 5.00. The third kappa shape index (κ3) is 3.30. The summed E-state index contributed by atoms with van der Waals surface area (Å²) in [6.07, 6.45) is 7.97. The topological polar surface area (TPSA) is 24.4 Å². The number of hydrogen-bond acceptors (Lipinski definition) is 2. The van der Waals surface area contributed by atoms with Gasteiger partial charge in [0.25, 0.3) is 0 Å². The summed E-state index contributed by atoms with van der Waals surface area (Å²) in [5.41, 5.74) is 0.173. The number of hydrogen-bond donors (Lipinski definition) is 1. The second-order valence-electron chi connectivity index (χ2n) is 7.99. The molecule has 2 nitrogen and oxygen atoms in total. The van der Waals surface area contributed by atoms with Crippen molar-refractivity contribution in [3.8, 4) is 0 Å². The molecule has 2 aliphatic rings. The molecule has 0 aromatic heterocycles. The summed E-state index contributed by atoms with van der Waals surface area (Å²) in [4.78, 5) is 5.00. The van der Waals surface area contributed by atoms with E-state index >= 15 is 0 Å². The Morgan fingerprint density at radius 3 is 2.61 bits per heavy atom. The number of nitrogens with one attached hydrogen (secondary N) is 1. The van der Waals surface area contributed by atoms with Gasteiger partial charge in [0.15, 0.2) is 0 Å². The highest BCUT2D eigenvalue weighted by molar-refractivity contribution is 6.14. The molecule has 2 rings (SSSR count). The van der Waals surface area contributed by atoms with Crippen LogP contribution in [0.4, 0.5) is 0 Å². The van der Waals surface area contributed by atoms with Gasteiger partial charge in [-0.15, -0.1) is 0 Å². The zero-order chi connectivity index (χ0) is 13.4. The van der Waals surface area contributed by atoms with Crippen molar-refractivity contribution in [2.24, 2.45) is 10.4 Å². The largest absolute Gasteiger partial charge is 0.368 e. The van der Waals surface area contributed by atoms with Crippen molar-refractivity contribution in [2.75, 3.05) is 0 Å². The van der Waals surface area contributed by atoms with Gasteiger partial charge in [-0.05, 0) is 12.8 Å². The maximum Gasteiger partial charge on any atom is 0.109 e. The zero-order valence-electron chi connectivity index (χ0n) is 12.8. The summed E-state index contributed by atoms with van der Waals surface area (Å²) in [6, 6.07) is 1.13. The molecule has 1 N–H and O–H groups in total. The minimum Gasteiger partial charge on any atom is -0.368 e. The standard InChI is InChI=1S/C15H29BN2/c1-14(2,3)13-17-11-7-5-6-9-15(4,16)10-8-12(11)18-13/h11-12H,5-10,16H2,1-4H3,(H,17,18). The van der Waals surface area contributed by atoms with E-state index in [1.54, 1.807) is 0 Å². The SMILES string of the molecule is BC1(C)CCCCC2NC(C(C)(C)C)=NC2CC1. The van der Waals surface area contributed by atoms with Crippen LogP contribution in [0.3, 0.4) is 0 Å². The molecule has 0 amide bonds. The van der Waals surface area contributed by atoms with Gasteiger partial charge < -0.3 is 5.32 Å². The Hall–Kier alpha value is -0.465. The molecule has 18 heavy (non-hydrogen) atoms. The summed E-state index contributed by atoms with van der Waals surface area (Å²) in [7, 11) is 2.42. The number of rotatable bonds is 0. The second-order valence-corrected chi connectivity index (χ2v) is 7.99. The number of aliphatic imine (C=N–C) groups is 1. The van der Waals surface area contributed by atoms with Gasteiger partial charge in [0.1, 0.15) is 13.7 Å². The van der Waals surface area contributed by atoms with Crippen LogP contribution >= 0.6 is 0 Å². The molecule has 102 valence electrons. The van der Waals surface area contributed by atoms with E-state index in [2.05, 4.69) is 40.9 Å². The molecule has 0 radical (unpaired) electrons. The summed E-state index contributed by atoms with van der Waals surface area (Å²) in [5.74, 6) is 1.23. The summed E-state index contributed by atoms with van der Waals surface area (Å²) in [5, 5.41) is 4.21. The maximum atomic E-state index is 5.00. The molecule has 1 aliphatic carbocycles. The molecule has 0 saturated heterocycles. The lowest BCUT2D eigenvalue weighted by atomic mass is 9.64. The van der Waals surface area contributed by atoms with E-state index in [1.807, 2.05) is 0 Å². The van der Waals surface area contributed by atoms with Crippen molar-refractivity contribution in [3.05, 3.63) is 0 Å². The smallest absolute Gasteiger partial charge is 0.109 e. The highest BCUT2D eigenvalue weighted by Gasteiger charge is 2.35. The van der Waals surface area contributed by atoms with Gasteiger partial charge in [-0.2, -0.15) is 0 Å². The first-order chi connectivity index (χ1) is 8.28. The molecule has 0 spiro atoms. The summed E-state index contributed by atoms with van der Waals surface area (Å²) < 4.78 is 0. The lowest BCUT2D eigenvalue weighted by molar-refractivity contribution is 0.442. The zero-order valence-corrected chi connectivity index (χ0v) is 12.8. The number of fused-ring (bicyclic) bond motifs is 1. The van der Waals surface area contributed by atoms with Crippen LogP contribution in [-0.2, 0) is 0 Å². The van der Waals surface area contributed by atoms with E-state index in [-0.39, 0.29) is 5.41 Å². The normalized spacial score (nSPS) is 37.9. The van der Waals surface area contributed by atoms with Gasteiger partial charge >= 0.3 is 0 Å². The second kappa shape index (κ2) is 4.90. The molecular formula is C15H29BN2. The Labute approximate surface area is 113 Å². The third-order valence-corrected chi connectivity index (χ3v) is 4.53. The van der Waals surface area contributed by atoms with E-state index in [1.165, 1.54) is 44.4 Å². The molecule has 1 heterocycles. The molecule has 0 bridgehead atoms. The summed E-state index contributed by atoms with van der Waals surface area (Å²) >= 11 is 0. The average Bonchev–Trinajstić information content (AvgIpc) is 2.65. The van der Waals surface area contributed by atoms with E-state index in [0.29, 0.717) is 17.4 Å². The Balaban J connectivity index is 2.09.